The van der Waals surface area contributed by atoms with Crippen molar-refractivity contribution >= 4 is 11.6 Å². The van der Waals surface area contributed by atoms with Gasteiger partial charge in [0.05, 0.1) is 6.61 Å². The molecule has 1 atom stereocenters. The second-order valence-electron chi connectivity index (χ2n) is 5.71. The molecular formula is C18H21N3O2. The summed E-state index contributed by atoms with van der Waals surface area (Å²) >= 11 is 0. The third-order valence-electron chi connectivity index (χ3n) is 3.91. The largest absolute Gasteiger partial charge is 0.385 e. The normalized spacial score (nSPS) is 17.0. The lowest BCUT2D eigenvalue weighted by molar-refractivity contribution is 0.0946. The molecule has 0 bridgehead atoms. The molecule has 3 rings (SSSR count). The van der Waals surface area contributed by atoms with Gasteiger partial charge in [-0.25, -0.2) is 0 Å². The number of aromatic nitrogens is 1. The second kappa shape index (κ2) is 7.74. The molecule has 2 aromatic rings. The molecule has 1 aromatic carbocycles. The molecule has 1 aliphatic rings. The predicted octanol–water partition coefficient (Wildman–Crippen LogP) is 2.46. The minimum atomic E-state index is -0.165. The maximum Gasteiger partial charge on any atom is 0.270 e. The van der Waals surface area contributed by atoms with Crippen LogP contribution in [0.1, 0.15) is 22.5 Å². The first-order valence-corrected chi connectivity index (χ1v) is 7.91. The summed E-state index contributed by atoms with van der Waals surface area (Å²) in [6, 6.07) is 13.5. The molecule has 5 heteroatoms. The number of carbonyl (C=O) groups is 1. The Labute approximate surface area is 136 Å². The highest BCUT2D eigenvalue weighted by atomic mass is 16.5. The van der Waals surface area contributed by atoms with E-state index in [2.05, 4.69) is 15.6 Å². The third kappa shape index (κ3) is 4.53. The summed E-state index contributed by atoms with van der Waals surface area (Å²) in [5, 5.41) is 6.25. The lowest BCUT2D eigenvalue weighted by Crippen LogP contribution is -2.24. The summed E-state index contributed by atoms with van der Waals surface area (Å²) in [4.78, 5) is 16.4. The molecule has 0 radical (unpaired) electrons. The Balaban J connectivity index is 1.54. The summed E-state index contributed by atoms with van der Waals surface area (Å²) in [6.07, 6.45) is 2.74. The van der Waals surface area contributed by atoms with Gasteiger partial charge in [0, 0.05) is 37.5 Å². The molecule has 2 N–H and O–H groups in total. The van der Waals surface area contributed by atoms with Crippen LogP contribution in [-0.4, -0.2) is 30.6 Å². The van der Waals surface area contributed by atoms with E-state index >= 15 is 0 Å². The number of amides is 1. The second-order valence-corrected chi connectivity index (χ2v) is 5.71. The Morgan fingerprint density at radius 2 is 2.13 bits per heavy atom. The van der Waals surface area contributed by atoms with Crippen LogP contribution in [0.2, 0.25) is 0 Å². The van der Waals surface area contributed by atoms with E-state index in [0.29, 0.717) is 18.2 Å². The highest BCUT2D eigenvalue weighted by molar-refractivity contribution is 5.93. The number of ether oxygens (including phenoxy) is 1. The van der Waals surface area contributed by atoms with Gasteiger partial charge in [-0.3, -0.25) is 9.78 Å². The van der Waals surface area contributed by atoms with Crippen molar-refractivity contribution in [2.24, 2.45) is 5.92 Å². The van der Waals surface area contributed by atoms with Crippen molar-refractivity contribution in [2.75, 3.05) is 25.1 Å². The monoisotopic (exact) mass is 311 g/mol. The fraction of sp³-hybridized carbons (Fsp3) is 0.333. The van der Waals surface area contributed by atoms with E-state index in [0.717, 1.165) is 37.4 Å². The van der Waals surface area contributed by atoms with Crippen LogP contribution in [0.4, 0.5) is 5.69 Å². The predicted molar refractivity (Wildman–Crippen MR) is 89.3 cm³/mol. The van der Waals surface area contributed by atoms with Gasteiger partial charge in [-0.05, 0) is 24.1 Å². The van der Waals surface area contributed by atoms with Gasteiger partial charge in [0.2, 0.25) is 0 Å². The number of carbonyl (C=O) groups excluding carboxylic acids is 1. The van der Waals surface area contributed by atoms with Gasteiger partial charge in [0.15, 0.2) is 0 Å². The molecule has 5 nitrogen and oxygen atoms in total. The first-order valence-electron chi connectivity index (χ1n) is 7.91. The van der Waals surface area contributed by atoms with Gasteiger partial charge in [-0.2, -0.15) is 0 Å². The van der Waals surface area contributed by atoms with Crippen LogP contribution in [0.5, 0.6) is 0 Å². The maximum atomic E-state index is 12.2. The standard InChI is InChI=1S/C18H21N3O2/c22-18(21-11-14-4-2-1-3-5-14)17-10-16(6-8-19-17)20-12-15-7-9-23-13-15/h1-6,8,10,15H,7,9,11-13H2,(H,19,20)(H,21,22). The van der Waals surface area contributed by atoms with Gasteiger partial charge >= 0.3 is 0 Å². The van der Waals surface area contributed by atoms with Gasteiger partial charge in [0.1, 0.15) is 5.69 Å². The topological polar surface area (TPSA) is 63.2 Å². The van der Waals surface area contributed by atoms with Crippen molar-refractivity contribution in [3.8, 4) is 0 Å². The first kappa shape index (κ1) is 15.5. The number of hydrogen-bond acceptors (Lipinski definition) is 4. The molecule has 0 aliphatic carbocycles. The van der Waals surface area contributed by atoms with E-state index in [1.807, 2.05) is 36.4 Å². The zero-order valence-corrected chi connectivity index (χ0v) is 13.0. The minimum absolute atomic E-state index is 0.165. The Morgan fingerprint density at radius 3 is 2.91 bits per heavy atom. The number of hydrogen-bond donors (Lipinski definition) is 2. The van der Waals surface area contributed by atoms with Gasteiger partial charge < -0.3 is 15.4 Å². The molecule has 1 saturated heterocycles. The maximum absolute atomic E-state index is 12.2. The number of anilines is 1. The van der Waals surface area contributed by atoms with Crippen molar-refractivity contribution < 1.29 is 9.53 Å². The van der Waals surface area contributed by atoms with E-state index in [4.69, 9.17) is 4.74 Å². The zero-order valence-electron chi connectivity index (χ0n) is 13.0. The number of nitrogens with zero attached hydrogens (tertiary/aromatic N) is 1. The SMILES string of the molecule is O=C(NCc1ccccc1)c1cc(NCC2CCOC2)ccn1. The van der Waals surface area contributed by atoms with Crippen molar-refractivity contribution in [1.29, 1.82) is 0 Å². The van der Waals surface area contributed by atoms with E-state index in [9.17, 15) is 4.79 Å². The van der Waals surface area contributed by atoms with Gasteiger partial charge in [-0.1, -0.05) is 30.3 Å². The molecular weight excluding hydrogens is 290 g/mol. The van der Waals surface area contributed by atoms with Gasteiger partial charge in [0.25, 0.3) is 5.91 Å². The molecule has 1 aliphatic heterocycles. The van der Waals surface area contributed by atoms with Crippen molar-refractivity contribution in [1.82, 2.24) is 10.3 Å². The first-order chi connectivity index (χ1) is 11.3. The number of rotatable bonds is 6. The van der Waals surface area contributed by atoms with Crippen LogP contribution in [-0.2, 0) is 11.3 Å². The molecule has 1 aromatic heterocycles. The molecule has 0 saturated carbocycles. The molecule has 1 amide bonds. The van der Waals surface area contributed by atoms with Crippen LogP contribution in [0, 0.1) is 5.92 Å². The van der Waals surface area contributed by atoms with Crippen LogP contribution in [0.3, 0.4) is 0 Å². The third-order valence-corrected chi connectivity index (χ3v) is 3.91. The quantitative estimate of drug-likeness (QED) is 0.860. The molecule has 1 unspecified atom stereocenters. The van der Waals surface area contributed by atoms with E-state index in [1.165, 1.54) is 0 Å². The summed E-state index contributed by atoms with van der Waals surface area (Å²) in [5.74, 6) is 0.375. The fourth-order valence-electron chi connectivity index (χ4n) is 2.54. The highest BCUT2D eigenvalue weighted by Crippen LogP contribution is 2.14. The molecule has 1 fully saturated rings. The van der Waals surface area contributed by atoms with Crippen LogP contribution in [0.15, 0.2) is 48.7 Å². The molecule has 0 spiro atoms. The van der Waals surface area contributed by atoms with E-state index in [1.54, 1.807) is 12.3 Å². The molecule has 23 heavy (non-hydrogen) atoms. The van der Waals surface area contributed by atoms with Crippen molar-refractivity contribution in [3.63, 3.8) is 0 Å². The summed E-state index contributed by atoms with van der Waals surface area (Å²) in [5.41, 5.74) is 2.40. The highest BCUT2D eigenvalue weighted by Gasteiger charge is 2.15. The van der Waals surface area contributed by atoms with Crippen LogP contribution >= 0.6 is 0 Å². The Morgan fingerprint density at radius 1 is 1.26 bits per heavy atom. The lowest BCUT2D eigenvalue weighted by atomic mass is 10.1. The van der Waals surface area contributed by atoms with E-state index in [-0.39, 0.29) is 5.91 Å². The lowest BCUT2D eigenvalue weighted by Gasteiger charge is -2.11. The number of nitrogens with one attached hydrogen (secondary N) is 2. The van der Waals surface area contributed by atoms with Crippen LogP contribution in [0.25, 0.3) is 0 Å². The molecule has 120 valence electrons. The van der Waals surface area contributed by atoms with Gasteiger partial charge in [-0.15, -0.1) is 0 Å². The summed E-state index contributed by atoms with van der Waals surface area (Å²) in [6.45, 7) is 3.01. The fourth-order valence-corrected chi connectivity index (χ4v) is 2.54. The summed E-state index contributed by atoms with van der Waals surface area (Å²) in [7, 11) is 0. The van der Waals surface area contributed by atoms with Crippen molar-refractivity contribution in [2.45, 2.75) is 13.0 Å². The van der Waals surface area contributed by atoms with Crippen LogP contribution < -0.4 is 10.6 Å². The number of pyridine rings is 1. The van der Waals surface area contributed by atoms with E-state index < -0.39 is 0 Å². The average Bonchev–Trinajstić information content (AvgIpc) is 3.12. The minimum Gasteiger partial charge on any atom is -0.385 e. The Hall–Kier alpha value is -2.40. The average molecular weight is 311 g/mol. The zero-order chi connectivity index (χ0) is 15.9. The molecule has 2 heterocycles. The Kier molecular flexibility index (Phi) is 5.21. The number of benzene rings is 1. The van der Waals surface area contributed by atoms with Crippen molar-refractivity contribution in [3.05, 3.63) is 59.9 Å². The summed E-state index contributed by atoms with van der Waals surface area (Å²) < 4.78 is 5.36. The smallest absolute Gasteiger partial charge is 0.270 e. The Bertz CT molecular complexity index is 640.